The number of hydrogen-bond donors (Lipinski definition) is 2. The van der Waals surface area contributed by atoms with Crippen LogP contribution in [0.15, 0.2) is 55.1 Å². The summed E-state index contributed by atoms with van der Waals surface area (Å²) in [6.45, 7) is 4.29. The molecule has 0 unspecified atom stereocenters. The first-order chi connectivity index (χ1) is 11.6. The molecule has 2 heterocycles. The molecule has 0 saturated carbocycles. The SMILES string of the molecule is CC(C)c1ccc(Oc2ncnc(Nc3cccnc3)c2N)cc1. The molecule has 0 aliphatic rings. The van der Waals surface area contributed by atoms with Gasteiger partial charge >= 0.3 is 0 Å². The van der Waals surface area contributed by atoms with Crippen LogP contribution in [-0.4, -0.2) is 15.0 Å². The molecular formula is C18H19N5O. The van der Waals surface area contributed by atoms with Crippen LogP contribution in [0.25, 0.3) is 0 Å². The highest BCUT2D eigenvalue weighted by Crippen LogP contribution is 2.31. The van der Waals surface area contributed by atoms with E-state index in [0.717, 1.165) is 5.69 Å². The summed E-state index contributed by atoms with van der Waals surface area (Å²) >= 11 is 0. The molecule has 1 aromatic carbocycles. The van der Waals surface area contributed by atoms with Crippen LogP contribution in [0.5, 0.6) is 11.6 Å². The van der Waals surface area contributed by atoms with E-state index in [0.29, 0.717) is 29.1 Å². The number of benzene rings is 1. The van der Waals surface area contributed by atoms with Gasteiger partial charge in [-0.3, -0.25) is 4.98 Å². The van der Waals surface area contributed by atoms with Gasteiger partial charge in [-0.15, -0.1) is 0 Å². The highest BCUT2D eigenvalue weighted by molar-refractivity contribution is 5.72. The van der Waals surface area contributed by atoms with Crippen molar-refractivity contribution in [3.05, 3.63) is 60.7 Å². The van der Waals surface area contributed by atoms with Crippen LogP contribution in [0, 0.1) is 0 Å². The number of anilines is 3. The van der Waals surface area contributed by atoms with E-state index in [1.54, 1.807) is 12.4 Å². The topological polar surface area (TPSA) is 86.0 Å². The minimum absolute atomic E-state index is 0.314. The second-order valence-electron chi connectivity index (χ2n) is 5.63. The molecule has 3 aromatic rings. The van der Waals surface area contributed by atoms with Gasteiger partial charge in [0.2, 0.25) is 5.88 Å². The van der Waals surface area contributed by atoms with Gasteiger partial charge in [0.1, 0.15) is 17.8 Å². The largest absolute Gasteiger partial charge is 0.437 e. The number of nitrogen functional groups attached to an aromatic ring is 1. The van der Waals surface area contributed by atoms with Gasteiger partial charge in [0.25, 0.3) is 0 Å². The Morgan fingerprint density at radius 2 is 1.88 bits per heavy atom. The lowest BCUT2D eigenvalue weighted by Crippen LogP contribution is -2.03. The van der Waals surface area contributed by atoms with Crippen LogP contribution >= 0.6 is 0 Å². The Hall–Kier alpha value is -3.15. The van der Waals surface area contributed by atoms with Crippen LogP contribution in [-0.2, 0) is 0 Å². The fraction of sp³-hybridized carbons (Fsp3) is 0.167. The zero-order valence-corrected chi connectivity index (χ0v) is 13.6. The third-order valence-electron chi connectivity index (χ3n) is 3.53. The molecule has 0 aliphatic carbocycles. The zero-order chi connectivity index (χ0) is 16.9. The summed E-state index contributed by atoms with van der Waals surface area (Å²) in [5, 5.41) is 3.10. The molecular weight excluding hydrogens is 302 g/mol. The van der Waals surface area contributed by atoms with Crippen molar-refractivity contribution >= 4 is 17.2 Å². The maximum absolute atomic E-state index is 6.12. The van der Waals surface area contributed by atoms with E-state index < -0.39 is 0 Å². The lowest BCUT2D eigenvalue weighted by atomic mass is 10.0. The van der Waals surface area contributed by atoms with Crippen molar-refractivity contribution in [2.45, 2.75) is 19.8 Å². The number of nitrogens with one attached hydrogen (secondary N) is 1. The summed E-state index contributed by atoms with van der Waals surface area (Å²) in [7, 11) is 0. The third-order valence-corrected chi connectivity index (χ3v) is 3.53. The van der Waals surface area contributed by atoms with E-state index in [2.05, 4.69) is 34.1 Å². The molecule has 24 heavy (non-hydrogen) atoms. The lowest BCUT2D eigenvalue weighted by molar-refractivity contribution is 0.464. The molecule has 0 aliphatic heterocycles. The van der Waals surface area contributed by atoms with Crippen molar-refractivity contribution in [3.63, 3.8) is 0 Å². The molecule has 0 bridgehead atoms. The molecule has 2 aromatic heterocycles. The normalized spacial score (nSPS) is 10.6. The quantitative estimate of drug-likeness (QED) is 0.735. The Bertz CT molecular complexity index is 803. The van der Waals surface area contributed by atoms with Crippen molar-refractivity contribution in [2.75, 3.05) is 11.1 Å². The van der Waals surface area contributed by atoms with E-state index in [9.17, 15) is 0 Å². The Balaban J connectivity index is 1.80. The monoisotopic (exact) mass is 321 g/mol. The number of aromatic nitrogens is 3. The highest BCUT2D eigenvalue weighted by atomic mass is 16.5. The summed E-state index contributed by atoms with van der Waals surface area (Å²) in [6, 6.07) is 11.6. The number of hydrogen-bond acceptors (Lipinski definition) is 6. The fourth-order valence-corrected chi connectivity index (χ4v) is 2.17. The average molecular weight is 321 g/mol. The maximum atomic E-state index is 6.12. The van der Waals surface area contributed by atoms with Gasteiger partial charge in [0, 0.05) is 6.20 Å². The fourth-order valence-electron chi connectivity index (χ4n) is 2.17. The predicted molar refractivity (Wildman–Crippen MR) is 94.6 cm³/mol. The molecule has 0 fully saturated rings. The Labute approximate surface area is 140 Å². The molecule has 0 amide bonds. The van der Waals surface area contributed by atoms with Gasteiger partial charge in [-0.25, -0.2) is 4.98 Å². The lowest BCUT2D eigenvalue weighted by Gasteiger charge is -2.12. The van der Waals surface area contributed by atoms with Crippen LogP contribution in [0.2, 0.25) is 0 Å². The molecule has 0 radical (unpaired) electrons. The number of pyridine rings is 1. The number of rotatable bonds is 5. The predicted octanol–water partition coefficient (Wildman–Crippen LogP) is 4.11. The van der Waals surface area contributed by atoms with Crippen LogP contribution in [0.3, 0.4) is 0 Å². The first-order valence-electron chi connectivity index (χ1n) is 7.69. The second kappa shape index (κ2) is 6.95. The van der Waals surface area contributed by atoms with Crippen molar-refractivity contribution in [1.82, 2.24) is 15.0 Å². The Morgan fingerprint density at radius 3 is 2.54 bits per heavy atom. The number of ether oxygens (including phenoxy) is 1. The van der Waals surface area contributed by atoms with Crippen molar-refractivity contribution < 1.29 is 4.74 Å². The number of nitrogens with zero attached hydrogens (tertiary/aromatic N) is 3. The molecule has 6 heteroatoms. The second-order valence-corrected chi connectivity index (χ2v) is 5.63. The van der Waals surface area contributed by atoms with Crippen molar-refractivity contribution in [3.8, 4) is 11.6 Å². The first kappa shape index (κ1) is 15.7. The standard InChI is InChI=1S/C18H19N5O/c1-12(2)13-5-7-15(8-6-13)24-18-16(19)17(21-11-22-18)23-14-4-3-9-20-10-14/h3-12H,19H2,1-2H3,(H,21,22,23). The summed E-state index contributed by atoms with van der Waals surface area (Å²) in [6.07, 6.45) is 4.80. The summed E-state index contributed by atoms with van der Waals surface area (Å²) < 4.78 is 5.79. The summed E-state index contributed by atoms with van der Waals surface area (Å²) in [5.41, 5.74) is 8.50. The van der Waals surface area contributed by atoms with Crippen LogP contribution in [0.1, 0.15) is 25.3 Å². The molecule has 122 valence electrons. The molecule has 0 atom stereocenters. The van der Waals surface area contributed by atoms with Crippen molar-refractivity contribution in [2.24, 2.45) is 0 Å². The van der Waals surface area contributed by atoms with Gasteiger partial charge in [0.15, 0.2) is 5.82 Å². The number of nitrogens with two attached hydrogens (primary N) is 1. The van der Waals surface area contributed by atoms with Gasteiger partial charge < -0.3 is 15.8 Å². The third kappa shape index (κ3) is 3.60. The van der Waals surface area contributed by atoms with Gasteiger partial charge in [-0.05, 0) is 35.7 Å². The maximum Gasteiger partial charge on any atom is 0.248 e. The molecule has 6 nitrogen and oxygen atoms in total. The minimum Gasteiger partial charge on any atom is -0.437 e. The van der Waals surface area contributed by atoms with E-state index in [4.69, 9.17) is 10.5 Å². The van der Waals surface area contributed by atoms with E-state index in [1.165, 1.54) is 11.9 Å². The van der Waals surface area contributed by atoms with Gasteiger partial charge in [0.05, 0.1) is 11.9 Å². The first-order valence-corrected chi connectivity index (χ1v) is 7.69. The highest BCUT2D eigenvalue weighted by Gasteiger charge is 2.11. The molecule has 3 N–H and O–H groups in total. The van der Waals surface area contributed by atoms with Crippen molar-refractivity contribution in [1.29, 1.82) is 0 Å². The Kier molecular flexibility index (Phi) is 4.56. The minimum atomic E-state index is 0.314. The van der Waals surface area contributed by atoms with E-state index in [1.807, 2.05) is 36.4 Å². The molecule has 3 rings (SSSR count). The van der Waals surface area contributed by atoms with E-state index in [-0.39, 0.29) is 0 Å². The summed E-state index contributed by atoms with van der Waals surface area (Å²) in [5.74, 6) is 1.94. The molecule has 0 saturated heterocycles. The Morgan fingerprint density at radius 1 is 1.08 bits per heavy atom. The van der Waals surface area contributed by atoms with E-state index >= 15 is 0 Å². The smallest absolute Gasteiger partial charge is 0.248 e. The molecule has 0 spiro atoms. The van der Waals surface area contributed by atoms with Crippen LogP contribution in [0.4, 0.5) is 17.2 Å². The average Bonchev–Trinajstić information content (AvgIpc) is 2.60. The zero-order valence-electron chi connectivity index (χ0n) is 13.6. The van der Waals surface area contributed by atoms with Crippen LogP contribution < -0.4 is 15.8 Å². The van der Waals surface area contributed by atoms with Gasteiger partial charge in [-0.1, -0.05) is 26.0 Å². The summed E-state index contributed by atoms with van der Waals surface area (Å²) in [4.78, 5) is 12.3. The van der Waals surface area contributed by atoms with Gasteiger partial charge in [-0.2, -0.15) is 4.98 Å².